The van der Waals surface area contributed by atoms with Crippen molar-refractivity contribution in [1.29, 1.82) is 0 Å². The number of allylic oxidation sites excluding steroid dienone is 2. The van der Waals surface area contributed by atoms with Gasteiger partial charge in [0.2, 0.25) is 11.8 Å². The Labute approximate surface area is 563 Å². The summed E-state index contributed by atoms with van der Waals surface area (Å²) in [5, 5.41) is 18.5. The number of unbranched alkanes of at least 4 members (excludes halogenated alkanes) is 30. The minimum absolute atomic E-state index is 0.120. The van der Waals surface area contributed by atoms with Crippen LogP contribution in [0.25, 0.3) is 0 Å². The number of ether oxygens (including phenoxy) is 7. The number of rotatable bonds is 63. The minimum atomic E-state index is -4.39. The number of ketones is 1. The topological polar surface area (TPSA) is 250 Å². The Balaban J connectivity index is 2.56. The molecular weight excluding hydrogens is 1230 g/mol. The molecule has 2 heterocycles. The molecule has 2 fully saturated rings. The second-order valence-corrected chi connectivity index (χ2v) is 29.1. The number of carbonyl (C=O) groups is 3. The number of hydrogen-bond acceptors (Lipinski definition) is 19. The molecule has 11 atom stereocenters. The molecule has 0 aliphatic carbocycles. The molecular formula is C70H134N2O19P2. The van der Waals surface area contributed by atoms with Gasteiger partial charge in [0, 0.05) is 68.7 Å². The van der Waals surface area contributed by atoms with Crippen LogP contribution in [0.15, 0.2) is 12.2 Å². The average molecular weight is 1370 g/mol. The van der Waals surface area contributed by atoms with E-state index in [0.29, 0.717) is 25.7 Å². The maximum absolute atomic E-state index is 14.4. The van der Waals surface area contributed by atoms with Gasteiger partial charge >= 0.3 is 15.6 Å². The maximum Gasteiger partial charge on any atom is 0.476 e. The van der Waals surface area contributed by atoms with Gasteiger partial charge in [0.1, 0.15) is 54.5 Å². The van der Waals surface area contributed by atoms with Gasteiger partial charge in [-0.15, -0.1) is 0 Å². The van der Waals surface area contributed by atoms with Crippen molar-refractivity contribution < 1.29 is 88.9 Å². The highest BCUT2D eigenvalue weighted by Crippen LogP contribution is 2.52. The molecule has 21 nitrogen and oxygen atoms in total. The number of nitrogens with one attached hydrogen (secondary N) is 2. The third kappa shape index (κ3) is 39.0. The van der Waals surface area contributed by atoms with E-state index in [1.54, 1.807) is 7.11 Å². The summed E-state index contributed by atoms with van der Waals surface area (Å²) in [5.74, 6) is -1.24. The molecule has 0 saturated carbocycles. The normalized spacial score (nSPS) is 22.4. The molecule has 2 amide bonds. The van der Waals surface area contributed by atoms with Crippen molar-refractivity contribution in [2.45, 2.75) is 352 Å². The lowest BCUT2D eigenvalue weighted by atomic mass is 9.95. The number of carbonyl (C=O) groups excluding carboxylic acids is 3. The number of aliphatic hydroxyl groups is 1. The molecule has 2 aliphatic heterocycles. The molecule has 0 radical (unpaired) electrons. The minimum Gasteiger partial charge on any atom is -0.388 e. The molecule has 2 aliphatic rings. The smallest absolute Gasteiger partial charge is 0.388 e. The first-order valence-corrected chi connectivity index (χ1v) is 39.5. The largest absolute Gasteiger partial charge is 0.476 e. The van der Waals surface area contributed by atoms with Crippen LogP contribution in [-0.4, -0.2) is 159 Å². The van der Waals surface area contributed by atoms with E-state index in [9.17, 15) is 28.6 Å². The summed E-state index contributed by atoms with van der Waals surface area (Å²) in [6.45, 7) is 8.48. The van der Waals surface area contributed by atoms with Crippen LogP contribution in [0.3, 0.4) is 0 Å². The van der Waals surface area contributed by atoms with Crippen molar-refractivity contribution in [1.82, 2.24) is 10.6 Å². The van der Waals surface area contributed by atoms with Crippen LogP contribution < -0.4 is 10.6 Å². The van der Waals surface area contributed by atoms with Crippen molar-refractivity contribution in [3.63, 3.8) is 0 Å². The Hall–Kier alpha value is -1.75. The Morgan fingerprint density at radius 3 is 1.42 bits per heavy atom. The van der Waals surface area contributed by atoms with Crippen molar-refractivity contribution >= 4 is 33.2 Å². The predicted octanol–water partition coefficient (Wildman–Crippen LogP) is 16.2. The molecule has 3 N–H and O–H groups in total. The van der Waals surface area contributed by atoms with Gasteiger partial charge in [-0.05, 0) is 57.8 Å². The fourth-order valence-corrected chi connectivity index (χ4v) is 13.6. The van der Waals surface area contributed by atoms with Crippen molar-refractivity contribution in [2.24, 2.45) is 0 Å². The molecule has 0 aromatic carbocycles. The summed E-state index contributed by atoms with van der Waals surface area (Å²) >= 11 is 0. The lowest BCUT2D eigenvalue weighted by Gasteiger charge is -2.47. The fraction of sp³-hybridized carbons (Fsp3) is 0.929. The quantitative estimate of drug-likeness (QED) is 0.0221. The van der Waals surface area contributed by atoms with Crippen LogP contribution in [0.5, 0.6) is 0 Å². The molecule has 23 heteroatoms. The monoisotopic (exact) mass is 1370 g/mol. The number of phosphoric acid groups is 2. The van der Waals surface area contributed by atoms with Crippen molar-refractivity contribution in [3.05, 3.63) is 12.2 Å². The van der Waals surface area contributed by atoms with E-state index in [1.165, 1.54) is 92.0 Å². The van der Waals surface area contributed by atoms with E-state index in [4.69, 9.17) is 60.3 Å². The number of amides is 2. The first-order valence-electron chi connectivity index (χ1n) is 36.6. The van der Waals surface area contributed by atoms with E-state index < -0.39 is 95.9 Å². The number of Topliss-reactive ketones (excluding diaryl/α,β-unsaturated/α-hetero) is 1. The molecule has 0 bridgehead atoms. The summed E-state index contributed by atoms with van der Waals surface area (Å²) in [5.41, 5.74) is 0. The van der Waals surface area contributed by atoms with Gasteiger partial charge in [-0.25, -0.2) is 9.13 Å². The summed E-state index contributed by atoms with van der Waals surface area (Å²) in [6.07, 6.45) is 32.7. The number of hydrogen-bond donors (Lipinski definition) is 3. The Morgan fingerprint density at radius 2 is 0.892 bits per heavy atom. The highest BCUT2D eigenvalue weighted by Gasteiger charge is 2.54. The maximum atomic E-state index is 14.4. The van der Waals surface area contributed by atoms with Gasteiger partial charge < -0.3 is 48.9 Å². The highest BCUT2D eigenvalue weighted by atomic mass is 31.2. The molecule has 0 aromatic heterocycles. The number of phosphoric ester groups is 2. The average Bonchev–Trinajstić information content (AvgIpc) is 0.800. The van der Waals surface area contributed by atoms with Crippen LogP contribution in [0, 0.1) is 0 Å². The third-order valence-electron chi connectivity index (χ3n) is 17.7. The zero-order valence-corrected chi connectivity index (χ0v) is 61.6. The summed E-state index contributed by atoms with van der Waals surface area (Å²) in [7, 11) is -0.851. The van der Waals surface area contributed by atoms with Crippen LogP contribution in [0.4, 0.5) is 0 Å². The van der Waals surface area contributed by atoms with Gasteiger partial charge in [-0.3, -0.25) is 41.5 Å². The van der Waals surface area contributed by atoms with Gasteiger partial charge in [0.15, 0.2) is 12.6 Å². The zero-order chi connectivity index (χ0) is 68.2. The summed E-state index contributed by atoms with van der Waals surface area (Å²) < 4.78 is 106. The molecule has 93 heavy (non-hydrogen) atoms. The fourth-order valence-electron chi connectivity index (χ4n) is 12.0. The van der Waals surface area contributed by atoms with Crippen LogP contribution in [0.2, 0.25) is 0 Å². The summed E-state index contributed by atoms with van der Waals surface area (Å²) in [4.78, 5) is 41.7. The van der Waals surface area contributed by atoms with Gasteiger partial charge in [-0.1, -0.05) is 220 Å². The van der Waals surface area contributed by atoms with E-state index >= 15 is 0 Å². The van der Waals surface area contributed by atoms with Crippen molar-refractivity contribution in [3.8, 4) is 0 Å². The van der Waals surface area contributed by atoms with Gasteiger partial charge in [0.25, 0.3) is 0 Å². The molecule has 0 aromatic rings. The second-order valence-electron chi connectivity index (χ2n) is 25.5. The van der Waals surface area contributed by atoms with Crippen LogP contribution >= 0.6 is 15.6 Å². The van der Waals surface area contributed by atoms with Gasteiger partial charge in [0.05, 0.1) is 25.7 Å². The van der Waals surface area contributed by atoms with E-state index in [1.807, 2.05) is 0 Å². The predicted molar refractivity (Wildman–Crippen MR) is 366 cm³/mol. The van der Waals surface area contributed by atoms with Gasteiger partial charge in [-0.2, -0.15) is 0 Å². The van der Waals surface area contributed by atoms with Crippen molar-refractivity contribution in [2.75, 3.05) is 69.1 Å². The first-order chi connectivity index (χ1) is 45.1. The van der Waals surface area contributed by atoms with E-state index in [-0.39, 0.29) is 50.5 Å². The third-order valence-corrected chi connectivity index (χ3v) is 20.5. The molecule has 548 valence electrons. The Kier molecular flexibility index (Phi) is 52.6. The van der Waals surface area contributed by atoms with E-state index in [0.717, 1.165) is 155 Å². The lowest BCUT2D eigenvalue weighted by molar-refractivity contribution is -0.301. The first kappa shape index (κ1) is 87.3. The lowest BCUT2D eigenvalue weighted by Crippen LogP contribution is -2.67. The SMILES string of the molecule is CCCCCCC=CCCCCCCCCCC(=O)N[C@H]1[C@H](OC[C@H]2O[C@H](OP(=O)(OC)OC)[C@H](NC(=O)CC(=O)CCCCCCCCCCC)[C@@H](OCCCCCCCCCC)[C@@H]2O)O[C@H](COC)[C@@H](OP(=O)(OC)OC)[C@@H]1OCC[C@@H](CCCCCCC)OC. The zero-order valence-electron chi connectivity index (χ0n) is 59.8. The van der Waals surface area contributed by atoms with E-state index in [2.05, 4.69) is 50.5 Å². The standard InChI is InChI=1S/C70H134N2O19P2/c1-11-15-19-23-26-29-30-31-32-33-34-36-38-42-46-50-61(74)71-64-68(86-53-51-58(80-6)49-45-40-22-18-14-4)66(90-92(77,81-7)82-8)60(55-79-5)89-69(64)87-56-59-65(76)67(85-52-47-43-39-28-25-21-17-13-3)63(70(88-59)91-93(78,83-9)84-10)72-62(75)54-57(73)48-44-41-37-35-27-24-20-16-12-2/h29-30,58-60,63-70,76H,11-28,31-56H2,1-10H3,(H,71,74)(H,72,75)/t58-,59-,60-,63-,64-,65-,66-,67-,68-,69-,70-/m1/s1. The molecule has 2 saturated heterocycles. The number of aliphatic hydroxyl groups excluding tert-OH is 1. The molecule has 2 rings (SSSR count). The molecule has 0 unspecified atom stereocenters. The summed E-state index contributed by atoms with van der Waals surface area (Å²) in [6, 6.07) is -2.50. The van der Waals surface area contributed by atoms with Crippen LogP contribution in [0.1, 0.15) is 285 Å². The second kappa shape index (κ2) is 56.1. The Bertz CT molecular complexity index is 1960. The van der Waals surface area contributed by atoms with Crippen LogP contribution in [-0.2, 0) is 83.8 Å². The molecule has 0 spiro atoms. The Morgan fingerprint density at radius 1 is 0.452 bits per heavy atom. The number of methoxy groups -OCH3 is 2. The highest BCUT2D eigenvalue weighted by molar-refractivity contribution is 7.48.